The van der Waals surface area contributed by atoms with Crippen LogP contribution in [-0.4, -0.2) is 35.3 Å². The summed E-state index contributed by atoms with van der Waals surface area (Å²) in [5.74, 6) is 0. The quantitative estimate of drug-likeness (QED) is 0.729. The van der Waals surface area contributed by atoms with Crippen LogP contribution in [0.25, 0.3) is 0 Å². The predicted molar refractivity (Wildman–Crippen MR) is 40.1 cm³/mol. The molecular weight excluding hydrogens is 230 g/mol. The summed E-state index contributed by atoms with van der Waals surface area (Å²) >= 11 is 0. The minimum absolute atomic E-state index is 0.344. The van der Waals surface area contributed by atoms with Crippen LogP contribution in [-0.2, 0) is 0 Å². The van der Waals surface area contributed by atoms with Crippen molar-refractivity contribution in [2.75, 3.05) is 6.61 Å². The molecular formula is C7H12F6O2. The zero-order valence-electron chi connectivity index (χ0n) is 7.86. The zero-order valence-corrected chi connectivity index (χ0v) is 7.86. The normalized spacial score (nSPS) is 12.4. The first-order chi connectivity index (χ1) is 6.57. The second-order valence-corrected chi connectivity index (χ2v) is 2.56. The fraction of sp³-hybridized carbons (Fsp3) is 1.00. The third-order valence-electron chi connectivity index (χ3n) is 1.13. The lowest BCUT2D eigenvalue weighted by Gasteiger charge is -2.16. The van der Waals surface area contributed by atoms with Gasteiger partial charge in [-0.15, -0.1) is 0 Å². The standard InChI is InChI=1S/C4H10O.C3H2F6O/c1-2-3-4-5;4-2(5,6)1(10)3(7,8)9/h5H,2-4H2,1H3;1,10H. The summed E-state index contributed by atoms with van der Waals surface area (Å²) in [4.78, 5) is 0. The van der Waals surface area contributed by atoms with Gasteiger partial charge in [0.1, 0.15) is 0 Å². The number of aliphatic hydroxyl groups is 2. The van der Waals surface area contributed by atoms with E-state index in [1.165, 1.54) is 0 Å². The van der Waals surface area contributed by atoms with Crippen molar-refractivity contribution in [1.29, 1.82) is 0 Å². The molecule has 0 heterocycles. The Morgan fingerprint density at radius 2 is 1.33 bits per heavy atom. The lowest BCUT2D eigenvalue weighted by molar-refractivity contribution is -0.308. The van der Waals surface area contributed by atoms with Crippen LogP contribution in [0.5, 0.6) is 0 Å². The molecule has 0 unspecified atom stereocenters. The Hall–Kier alpha value is -0.500. The first-order valence-corrected chi connectivity index (χ1v) is 3.99. The van der Waals surface area contributed by atoms with Crippen LogP contribution in [0.1, 0.15) is 19.8 Å². The largest absolute Gasteiger partial charge is 0.423 e. The lowest BCUT2D eigenvalue weighted by Crippen LogP contribution is -2.41. The van der Waals surface area contributed by atoms with E-state index in [0.29, 0.717) is 6.61 Å². The molecule has 0 saturated heterocycles. The van der Waals surface area contributed by atoms with E-state index in [-0.39, 0.29) is 0 Å². The minimum atomic E-state index is -5.63. The van der Waals surface area contributed by atoms with Crippen molar-refractivity contribution in [3.8, 4) is 0 Å². The average molecular weight is 242 g/mol. The van der Waals surface area contributed by atoms with Gasteiger partial charge in [-0.3, -0.25) is 0 Å². The molecule has 0 aromatic heterocycles. The molecule has 94 valence electrons. The van der Waals surface area contributed by atoms with Crippen molar-refractivity contribution in [2.24, 2.45) is 0 Å². The first kappa shape index (κ1) is 16.9. The fourth-order valence-corrected chi connectivity index (χ4v) is 0.344. The number of aliphatic hydroxyl groups excluding tert-OH is 2. The second kappa shape index (κ2) is 6.89. The van der Waals surface area contributed by atoms with Gasteiger partial charge in [0.2, 0.25) is 6.10 Å². The third kappa shape index (κ3) is 9.80. The van der Waals surface area contributed by atoms with Gasteiger partial charge >= 0.3 is 12.4 Å². The zero-order chi connectivity index (χ0) is 12.7. The Balaban J connectivity index is 0. The van der Waals surface area contributed by atoms with Crippen molar-refractivity contribution in [2.45, 2.75) is 38.2 Å². The molecule has 0 fully saturated rings. The highest BCUT2D eigenvalue weighted by atomic mass is 19.4. The summed E-state index contributed by atoms with van der Waals surface area (Å²) in [7, 11) is 0. The molecule has 2 N–H and O–H groups in total. The first-order valence-electron chi connectivity index (χ1n) is 3.99. The molecule has 0 aliphatic rings. The van der Waals surface area contributed by atoms with E-state index in [1.54, 1.807) is 0 Å². The van der Waals surface area contributed by atoms with Gasteiger partial charge in [-0.2, -0.15) is 26.3 Å². The molecule has 0 atom stereocenters. The molecule has 0 spiro atoms. The number of hydrogen-bond acceptors (Lipinski definition) is 2. The Labute approximate surface area is 82.5 Å². The molecule has 0 amide bonds. The summed E-state index contributed by atoms with van der Waals surface area (Å²) in [5.41, 5.74) is 0. The van der Waals surface area contributed by atoms with E-state index in [2.05, 4.69) is 6.92 Å². The molecule has 0 aromatic rings. The van der Waals surface area contributed by atoms with E-state index < -0.39 is 18.5 Å². The Kier molecular flexibility index (Phi) is 7.77. The summed E-state index contributed by atoms with van der Waals surface area (Å²) in [5, 5.41) is 15.5. The van der Waals surface area contributed by atoms with E-state index in [4.69, 9.17) is 10.2 Å². The van der Waals surface area contributed by atoms with Crippen LogP contribution in [0.4, 0.5) is 26.3 Å². The van der Waals surface area contributed by atoms with Crippen molar-refractivity contribution in [1.82, 2.24) is 0 Å². The minimum Gasteiger partial charge on any atom is -0.396 e. The highest BCUT2D eigenvalue weighted by Crippen LogP contribution is 2.32. The Morgan fingerprint density at radius 3 is 1.33 bits per heavy atom. The van der Waals surface area contributed by atoms with Gasteiger partial charge in [0, 0.05) is 6.61 Å². The van der Waals surface area contributed by atoms with Crippen molar-refractivity contribution in [3.63, 3.8) is 0 Å². The van der Waals surface area contributed by atoms with E-state index in [1.807, 2.05) is 0 Å². The average Bonchev–Trinajstić information content (AvgIpc) is 2.02. The van der Waals surface area contributed by atoms with Gasteiger partial charge in [0.25, 0.3) is 0 Å². The van der Waals surface area contributed by atoms with Gasteiger partial charge in [0.05, 0.1) is 0 Å². The second-order valence-electron chi connectivity index (χ2n) is 2.56. The number of alkyl halides is 6. The number of hydrogen-bond donors (Lipinski definition) is 2. The maximum atomic E-state index is 11.0. The van der Waals surface area contributed by atoms with Gasteiger partial charge < -0.3 is 10.2 Å². The van der Waals surface area contributed by atoms with Crippen LogP contribution in [0, 0.1) is 0 Å². The van der Waals surface area contributed by atoms with Crippen LogP contribution in [0.15, 0.2) is 0 Å². The predicted octanol–water partition coefficient (Wildman–Crippen LogP) is 2.25. The molecule has 0 aliphatic carbocycles. The smallest absolute Gasteiger partial charge is 0.396 e. The molecule has 2 nitrogen and oxygen atoms in total. The molecule has 0 bridgehead atoms. The lowest BCUT2D eigenvalue weighted by atomic mass is 10.3. The summed E-state index contributed by atoms with van der Waals surface area (Å²) < 4.78 is 65.9. The summed E-state index contributed by atoms with van der Waals surface area (Å²) in [6, 6.07) is 0. The van der Waals surface area contributed by atoms with Crippen LogP contribution in [0.2, 0.25) is 0 Å². The number of halogens is 6. The third-order valence-corrected chi connectivity index (χ3v) is 1.13. The fourth-order valence-electron chi connectivity index (χ4n) is 0.344. The van der Waals surface area contributed by atoms with Crippen LogP contribution >= 0.6 is 0 Å². The molecule has 0 radical (unpaired) electrons. The number of unbranched alkanes of at least 4 members (excludes halogenated alkanes) is 1. The van der Waals surface area contributed by atoms with Gasteiger partial charge in [-0.1, -0.05) is 13.3 Å². The van der Waals surface area contributed by atoms with E-state index >= 15 is 0 Å². The molecule has 0 aromatic carbocycles. The monoisotopic (exact) mass is 242 g/mol. The van der Waals surface area contributed by atoms with Crippen LogP contribution < -0.4 is 0 Å². The highest BCUT2D eigenvalue weighted by Gasteiger charge is 2.55. The van der Waals surface area contributed by atoms with Crippen molar-refractivity contribution < 1.29 is 36.6 Å². The van der Waals surface area contributed by atoms with Crippen molar-refractivity contribution in [3.05, 3.63) is 0 Å². The summed E-state index contributed by atoms with van der Waals surface area (Å²) in [6.07, 6.45) is -13.5. The molecule has 0 saturated carbocycles. The SMILES string of the molecule is CCCCO.OC(C(F)(F)F)C(F)(F)F. The molecule has 8 heteroatoms. The number of rotatable bonds is 2. The molecule has 0 aliphatic heterocycles. The van der Waals surface area contributed by atoms with E-state index in [9.17, 15) is 26.3 Å². The highest BCUT2D eigenvalue weighted by molar-refractivity contribution is 4.72. The van der Waals surface area contributed by atoms with Crippen molar-refractivity contribution >= 4 is 0 Å². The van der Waals surface area contributed by atoms with Gasteiger partial charge in [-0.25, -0.2) is 0 Å². The maximum Gasteiger partial charge on any atom is 0.423 e. The van der Waals surface area contributed by atoms with Gasteiger partial charge in [0.15, 0.2) is 0 Å². The molecule has 0 rings (SSSR count). The molecule has 15 heavy (non-hydrogen) atoms. The topological polar surface area (TPSA) is 40.5 Å². The van der Waals surface area contributed by atoms with Gasteiger partial charge in [-0.05, 0) is 6.42 Å². The summed E-state index contributed by atoms with van der Waals surface area (Å²) in [6.45, 7) is 2.40. The van der Waals surface area contributed by atoms with E-state index in [0.717, 1.165) is 12.8 Å². The maximum absolute atomic E-state index is 11.0. The Morgan fingerprint density at radius 1 is 1.00 bits per heavy atom. The van der Waals surface area contributed by atoms with Crippen LogP contribution in [0.3, 0.4) is 0 Å². The Bertz CT molecular complexity index is 137.